The molecule has 4 heteroatoms. The van der Waals surface area contributed by atoms with Gasteiger partial charge in [0.25, 0.3) is 0 Å². The molecule has 0 aliphatic heterocycles. The number of hydrogen-bond donors (Lipinski definition) is 2. The molecule has 0 fully saturated rings. The SMILES string of the molecule is COc1ccc2[nH]c3cc(CC(=O)O)ccc3c2c1. The number of carbonyl (C=O) groups is 1. The van der Waals surface area contributed by atoms with Crippen molar-refractivity contribution >= 4 is 27.8 Å². The van der Waals surface area contributed by atoms with E-state index < -0.39 is 5.97 Å². The highest BCUT2D eigenvalue weighted by atomic mass is 16.5. The Morgan fingerprint density at radius 1 is 1.16 bits per heavy atom. The maximum Gasteiger partial charge on any atom is 0.307 e. The second-order valence-corrected chi connectivity index (χ2v) is 4.49. The minimum atomic E-state index is -0.822. The Morgan fingerprint density at radius 2 is 2.00 bits per heavy atom. The van der Waals surface area contributed by atoms with Crippen LogP contribution in [0.4, 0.5) is 0 Å². The largest absolute Gasteiger partial charge is 0.497 e. The van der Waals surface area contributed by atoms with Crippen LogP contribution < -0.4 is 4.74 Å². The quantitative estimate of drug-likeness (QED) is 0.756. The molecular formula is C15H13NO3. The molecule has 96 valence electrons. The lowest BCUT2D eigenvalue weighted by Gasteiger charge is -1.99. The van der Waals surface area contributed by atoms with Crippen LogP contribution in [0.5, 0.6) is 5.75 Å². The topological polar surface area (TPSA) is 62.3 Å². The molecule has 1 aromatic heterocycles. The van der Waals surface area contributed by atoms with Crippen molar-refractivity contribution in [2.24, 2.45) is 0 Å². The summed E-state index contributed by atoms with van der Waals surface area (Å²) in [7, 11) is 1.64. The lowest BCUT2D eigenvalue weighted by Crippen LogP contribution is -1.99. The van der Waals surface area contributed by atoms with Crippen molar-refractivity contribution < 1.29 is 14.6 Å². The highest BCUT2D eigenvalue weighted by Gasteiger charge is 2.07. The predicted octanol–water partition coefficient (Wildman–Crippen LogP) is 2.96. The summed E-state index contributed by atoms with van der Waals surface area (Å²) in [4.78, 5) is 14.0. The maximum absolute atomic E-state index is 10.7. The Labute approximate surface area is 109 Å². The van der Waals surface area contributed by atoms with Crippen LogP contribution in [0.15, 0.2) is 36.4 Å². The summed E-state index contributed by atoms with van der Waals surface area (Å²) < 4.78 is 5.23. The van der Waals surface area contributed by atoms with E-state index in [4.69, 9.17) is 9.84 Å². The van der Waals surface area contributed by atoms with Crippen LogP contribution >= 0.6 is 0 Å². The van der Waals surface area contributed by atoms with Crippen LogP contribution in [0.2, 0.25) is 0 Å². The number of carboxylic acids is 1. The highest BCUT2D eigenvalue weighted by molar-refractivity contribution is 6.07. The predicted molar refractivity (Wildman–Crippen MR) is 73.7 cm³/mol. The molecule has 4 nitrogen and oxygen atoms in total. The number of hydrogen-bond acceptors (Lipinski definition) is 2. The monoisotopic (exact) mass is 255 g/mol. The maximum atomic E-state index is 10.7. The van der Waals surface area contributed by atoms with Gasteiger partial charge < -0.3 is 14.8 Å². The van der Waals surface area contributed by atoms with Gasteiger partial charge in [0.1, 0.15) is 5.75 Å². The molecule has 0 amide bonds. The molecule has 2 aromatic carbocycles. The molecule has 0 atom stereocenters. The molecule has 3 aromatic rings. The molecule has 1 heterocycles. The zero-order valence-corrected chi connectivity index (χ0v) is 10.4. The van der Waals surface area contributed by atoms with Crippen molar-refractivity contribution in [3.05, 3.63) is 42.0 Å². The summed E-state index contributed by atoms with van der Waals surface area (Å²) in [5.41, 5.74) is 2.75. The Bertz CT molecular complexity index is 774. The number of aromatic amines is 1. The first kappa shape index (κ1) is 11.6. The van der Waals surface area contributed by atoms with E-state index in [-0.39, 0.29) is 6.42 Å². The molecule has 0 unspecified atom stereocenters. The first-order valence-corrected chi connectivity index (χ1v) is 5.97. The Hall–Kier alpha value is -2.49. The number of nitrogens with one attached hydrogen (secondary N) is 1. The molecule has 0 aliphatic carbocycles. The zero-order chi connectivity index (χ0) is 13.4. The summed E-state index contributed by atoms with van der Waals surface area (Å²) in [6, 6.07) is 11.5. The van der Waals surface area contributed by atoms with Crippen molar-refractivity contribution in [2.75, 3.05) is 7.11 Å². The van der Waals surface area contributed by atoms with Gasteiger partial charge in [-0.2, -0.15) is 0 Å². The average molecular weight is 255 g/mol. The van der Waals surface area contributed by atoms with E-state index in [0.29, 0.717) is 0 Å². The molecule has 0 aliphatic rings. The van der Waals surface area contributed by atoms with Crippen LogP contribution in [-0.2, 0) is 11.2 Å². The lowest BCUT2D eigenvalue weighted by molar-refractivity contribution is -0.136. The number of rotatable bonds is 3. The van der Waals surface area contributed by atoms with E-state index in [1.54, 1.807) is 7.11 Å². The lowest BCUT2D eigenvalue weighted by atomic mass is 10.1. The van der Waals surface area contributed by atoms with Gasteiger partial charge in [0.15, 0.2) is 0 Å². The van der Waals surface area contributed by atoms with Crippen LogP contribution in [-0.4, -0.2) is 23.2 Å². The number of benzene rings is 2. The van der Waals surface area contributed by atoms with Crippen molar-refractivity contribution in [2.45, 2.75) is 6.42 Å². The molecule has 19 heavy (non-hydrogen) atoms. The number of carboxylic acid groups (broad SMARTS) is 1. The van der Waals surface area contributed by atoms with E-state index in [1.165, 1.54) is 0 Å². The fraction of sp³-hybridized carbons (Fsp3) is 0.133. The average Bonchev–Trinajstić information content (AvgIpc) is 2.74. The van der Waals surface area contributed by atoms with E-state index in [9.17, 15) is 4.79 Å². The van der Waals surface area contributed by atoms with Gasteiger partial charge in [0.2, 0.25) is 0 Å². The van der Waals surface area contributed by atoms with Gasteiger partial charge in [0, 0.05) is 21.8 Å². The van der Waals surface area contributed by atoms with Crippen LogP contribution in [0.25, 0.3) is 21.8 Å². The second-order valence-electron chi connectivity index (χ2n) is 4.49. The van der Waals surface area contributed by atoms with Crippen LogP contribution in [0.1, 0.15) is 5.56 Å². The third kappa shape index (κ3) is 2.01. The van der Waals surface area contributed by atoms with Gasteiger partial charge in [-0.05, 0) is 29.8 Å². The van der Waals surface area contributed by atoms with E-state index in [0.717, 1.165) is 33.1 Å². The Kier molecular flexibility index (Phi) is 2.63. The van der Waals surface area contributed by atoms with E-state index in [2.05, 4.69) is 4.98 Å². The van der Waals surface area contributed by atoms with Crippen molar-refractivity contribution in [3.8, 4) is 5.75 Å². The number of aliphatic carboxylic acids is 1. The summed E-state index contributed by atoms with van der Waals surface area (Å²) >= 11 is 0. The molecule has 0 spiro atoms. The molecule has 0 radical (unpaired) electrons. The van der Waals surface area contributed by atoms with Crippen molar-refractivity contribution in [1.82, 2.24) is 4.98 Å². The first-order valence-electron chi connectivity index (χ1n) is 5.97. The number of fused-ring (bicyclic) bond motifs is 3. The molecule has 0 saturated heterocycles. The molecule has 0 saturated carbocycles. The summed E-state index contributed by atoms with van der Waals surface area (Å²) in [6.45, 7) is 0. The van der Waals surface area contributed by atoms with Crippen molar-refractivity contribution in [3.63, 3.8) is 0 Å². The smallest absolute Gasteiger partial charge is 0.307 e. The normalized spacial score (nSPS) is 11.0. The first-order chi connectivity index (χ1) is 9.17. The summed E-state index contributed by atoms with van der Waals surface area (Å²) in [5, 5.41) is 11.0. The van der Waals surface area contributed by atoms with E-state index >= 15 is 0 Å². The van der Waals surface area contributed by atoms with Crippen LogP contribution in [0.3, 0.4) is 0 Å². The molecular weight excluding hydrogens is 242 g/mol. The highest BCUT2D eigenvalue weighted by Crippen LogP contribution is 2.29. The second kappa shape index (κ2) is 4.31. The zero-order valence-electron chi connectivity index (χ0n) is 10.4. The minimum absolute atomic E-state index is 0.0363. The van der Waals surface area contributed by atoms with Gasteiger partial charge in [-0.15, -0.1) is 0 Å². The summed E-state index contributed by atoms with van der Waals surface area (Å²) in [5.74, 6) is -0.0138. The van der Waals surface area contributed by atoms with Gasteiger partial charge in [-0.1, -0.05) is 12.1 Å². The number of ether oxygens (including phenoxy) is 1. The van der Waals surface area contributed by atoms with E-state index in [1.807, 2.05) is 36.4 Å². The number of H-pyrrole nitrogens is 1. The van der Waals surface area contributed by atoms with Gasteiger partial charge in [0.05, 0.1) is 13.5 Å². The molecule has 2 N–H and O–H groups in total. The summed E-state index contributed by atoms with van der Waals surface area (Å²) in [6.07, 6.45) is 0.0363. The third-order valence-electron chi connectivity index (χ3n) is 3.23. The van der Waals surface area contributed by atoms with Gasteiger partial charge >= 0.3 is 5.97 Å². The van der Waals surface area contributed by atoms with Gasteiger partial charge in [-0.3, -0.25) is 4.79 Å². The fourth-order valence-corrected chi connectivity index (χ4v) is 2.34. The molecule has 0 bridgehead atoms. The molecule has 3 rings (SSSR count). The fourth-order valence-electron chi connectivity index (χ4n) is 2.34. The third-order valence-corrected chi connectivity index (χ3v) is 3.23. The van der Waals surface area contributed by atoms with Gasteiger partial charge in [-0.25, -0.2) is 0 Å². The number of methoxy groups -OCH3 is 1. The standard InChI is InChI=1S/C15H13NO3/c1-19-10-3-5-13-12(8-10)11-4-2-9(7-15(17)18)6-14(11)16-13/h2-6,8,16H,7H2,1H3,(H,17,18). The Balaban J connectivity index is 2.19. The van der Waals surface area contributed by atoms with Crippen molar-refractivity contribution in [1.29, 1.82) is 0 Å². The number of aromatic nitrogens is 1. The minimum Gasteiger partial charge on any atom is -0.497 e. The van der Waals surface area contributed by atoms with Crippen LogP contribution in [0, 0.1) is 0 Å². The Morgan fingerprint density at radius 3 is 2.74 bits per heavy atom.